The Morgan fingerprint density at radius 2 is 1.77 bits per heavy atom. The number of likely N-dealkylation sites (tertiary alicyclic amines) is 1. The predicted molar refractivity (Wildman–Crippen MR) is 89.9 cm³/mol. The van der Waals surface area contributed by atoms with Crippen LogP contribution in [0.5, 0.6) is 0 Å². The average Bonchev–Trinajstić information content (AvgIpc) is 2.55. The number of nitrogens with zero attached hydrogens (tertiary/aromatic N) is 1. The molecule has 1 aliphatic carbocycles. The van der Waals surface area contributed by atoms with Crippen LogP contribution in [0, 0.1) is 5.92 Å². The SMILES string of the molecule is NC1CC(c2ccc(Cl)cc2)CN(C(=O)C2CCCCC2)C1. The van der Waals surface area contributed by atoms with Gasteiger partial charge in [0.1, 0.15) is 0 Å². The molecule has 2 aliphatic rings. The third kappa shape index (κ3) is 3.64. The highest BCUT2D eigenvalue weighted by atomic mass is 35.5. The van der Waals surface area contributed by atoms with Crippen LogP contribution in [-0.2, 0) is 4.79 Å². The molecule has 1 aromatic carbocycles. The lowest BCUT2D eigenvalue weighted by molar-refractivity contribution is -0.138. The Balaban J connectivity index is 1.70. The van der Waals surface area contributed by atoms with E-state index >= 15 is 0 Å². The number of hydrogen-bond donors (Lipinski definition) is 1. The topological polar surface area (TPSA) is 46.3 Å². The summed E-state index contributed by atoms with van der Waals surface area (Å²) in [6, 6.07) is 8.04. The second kappa shape index (κ2) is 7.01. The quantitative estimate of drug-likeness (QED) is 0.905. The van der Waals surface area contributed by atoms with Crippen molar-refractivity contribution < 1.29 is 4.79 Å². The Hall–Kier alpha value is -1.06. The molecule has 0 aromatic heterocycles. The monoisotopic (exact) mass is 320 g/mol. The molecule has 1 heterocycles. The molecule has 1 saturated heterocycles. The van der Waals surface area contributed by atoms with Gasteiger partial charge in [-0.25, -0.2) is 0 Å². The Bertz CT molecular complexity index is 510. The Labute approximate surface area is 137 Å². The number of rotatable bonds is 2. The van der Waals surface area contributed by atoms with E-state index in [1.807, 2.05) is 17.0 Å². The van der Waals surface area contributed by atoms with Crippen LogP contribution >= 0.6 is 11.6 Å². The molecule has 0 bridgehead atoms. The van der Waals surface area contributed by atoms with Gasteiger partial charge in [-0.3, -0.25) is 4.79 Å². The van der Waals surface area contributed by atoms with Crippen molar-refractivity contribution in [1.29, 1.82) is 0 Å². The first kappa shape index (κ1) is 15.8. The van der Waals surface area contributed by atoms with Crippen LogP contribution in [0.2, 0.25) is 5.02 Å². The highest BCUT2D eigenvalue weighted by Crippen LogP contribution is 2.31. The van der Waals surface area contributed by atoms with E-state index < -0.39 is 0 Å². The molecule has 0 radical (unpaired) electrons. The van der Waals surface area contributed by atoms with Gasteiger partial charge in [-0.2, -0.15) is 0 Å². The van der Waals surface area contributed by atoms with Crippen LogP contribution < -0.4 is 5.73 Å². The lowest BCUT2D eigenvalue weighted by Crippen LogP contribution is -2.50. The van der Waals surface area contributed by atoms with Crippen molar-refractivity contribution in [2.75, 3.05) is 13.1 Å². The van der Waals surface area contributed by atoms with Gasteiger partial charge in [-0.15, -0.1) is 0 Å². The minimum absolute atomic E-state index is 0.0713. The van der Waals surface area contributed by atoms with Gasteiger partial charge in [-0.05, 0) is 37.0 Å². The van der Waals surface area contributed by atoms with Gasteiger partial charge in [0.15, 0.2) is 0 Å². The van der Waals surface area contributed by atoms with Crippen LogP contribution in [0.3, 0.4) is 0 Å². The van der Waals surface area contributed by atoms with Gasteiger partial charge >= 0.3 is 0 Å². The molecular formula is C18H25ClN2O. The zero-order valence-electron chi connectivity index (χ0n) is 13.0. The summed E-state index contributed by atoms with van der Waals surface area (Å²) >= 11 is 5.97. The molecule has 2 fully saturated rings. The van der Waals surface area contributed by atoms with Crippen molar-refractivity contribution in [3.8, 4) is 0 Å². The first-order chi connectivity index (χ1) is 10.6. The largest absolute Gasteiger partial charge is 0.340 e. The minimum Gasteiger partial charge on any atom is -0.340 e. The van der Waals surface area contributed by atoms with Gasteiger partial charge in [-0.1, -0.05) is 43.0 Å². The van der Waals surface area contributed by atoms with Gasteiger partial charge in [0.05, 0.1) is 0 Å². The first-order valence-corrected chi connectivity index (χ1v) is 8.81. The van der Waals surface area contributed by atoms with Crippen molar-refractivity contribution in [1.82, 2.24) is 4.90 Å². The predicted octanol–water partition coefficient (Wildman–Crippen LogP) is 3.56. The second-order valence-corrected chi connectivity index (χ2v) is 7.26. The number of hydrogen-bond acceptors (Lipinski definition) is 2. The lowest BCUT2D eigenvalue weighted by Gasteiger charge is -2.39. The third-order valence-corrected chi connectivity index (χ3v) is 5.34. The summed E-state index contributed by atoms with van der Waals surface area (Å²) in [5.41, 5.74) is 7.47. The normalized spacial score (nSPS) is 26.9. The molecular weight excluding hydrogens is 296 g/mol. The fraction of sp³-hybridized carbons (Fsp3) is 0.611. The Kier molecular flexibility index (Phi) is 5.04. The highest BCUT2D eigenvalue weighted by Gasteiger charge is 2.32. The number of piperidine rings is 1. The van der Waals surface area contributed by atoms with Gasteiger partial charge in [0, 0.05) is 36.0 Å². The summed E-state index contributed by atoms with van der Waals surface area (Å²) in [6.45, 7) is 1.50. The summed E-state index contributed by atoms with van der Waals surface area (Å²) in [6.07, 6.45) is 6.70. The third-order valence-electron chi connectivity index (χ3n) is 5.09. The molecule has 1 aliphatic heterocycles. The summed E-state index contributed by atoms with van der Waals surface area (Å²) in [5.74, 6) is 0.882. The molecule has 0 spiro atoms. The lowest BCUT2D eigenvalue weighted by atomic mass is 9.85. The maximum Gasteiger partial charge on any atom is 0.225 e. The molecule has 2 N–H and O–H groups in total. The summed E-state index contributed by atoms with van der Waals surface area (Å²) < 4.78 is 0. The number of carbonyl (C=O) groups excluding carboxylic acids is 1. The van der Waals surface area contributed by atoms with Crippen LogP contribution in [0.25, 0.3) is 0 Å². The summed E-state index contributed by atoms with van der Waals surface area (Å²) in [5, 5.41) is 0.749. The van der Waals surface area contributed by atoms with Crippen molar-refractivity contribution in [3.05, 3.63) is 34.9 Å². The van der Waals surface area contributed by atoms with E-state index in [4.69, 9.17) is 17.3 Å². The van der Waals surface area contributed by atoms with Gasteiger partial charge < -0.3 is 10.6 Å². The van der Waals surface area contributed by atoms with E-state index in [9.17, 15) is 4.79 Å². The molecule has 3 nitrogen and oxygen atoms in total. The standard InChI is InChI=1S/C18H25ClN2O/c19-16-8-6-13(7-9-16)15-10-17(20)12-21(11-15)18(22)14-4-2-1-3-5-14/h6-9,14-15,17H,1-5,10-12,20H2. The molecule has 22 heavy (non-hydrogen) atoms. The number of carbonyl (C=O) groups is 1. The molecule has 2 unspecified atom stereocenters. The van der Waals surface area contributed by atoms with Gasteiger partial charge in [0.2, 0.25) is 5.91 Å². The fourth-order valence-electron chi connectivity index (χ4n) is 3.90. The maximum absolute atomic E-state index is 12.8. The van der Waals surface area contributed by atoms with E-state index in [-0.39, 0.29) is 12.0 Å². The number of nitrogens with two attached hydrogens (primary N) is 1. The van der Waals surface area contributed by atoms with E-state index in [0.29, 0.717) is 18.4 Å². The van der Waals surface area contributed by atoms with Crippen LogP contribution in [0.15, 0.2) is 24.3 Å². The van der Waals surface area contributed by atoms with Crippen LogP contribution in [0.4, 0.5) is 0 Å². The number of amides is 1. The van der Waals surface area contributed by atoms with E-state index in [2.05, 4.69) is 12.1 Å². The zero-order chi connectivity index (χ0) is 15.5. The van der Waals surface area contributed by atoms with Crippen LogP contribution in [0.1, 0.15) is 50.0 Å². The smallest absolute Gasteiger partial charge is 0.225 e. The highest BCUT2D eigenvalue weighted by molar-refractivity contribution is 6.30. The second-order valence-electron chi connectivity index (χ2n) is 6.82. The minimum atomic E-state index is 0.0713. The van der Waals surface area contributed by atoms with E-state index in [1.165, 1.54) is 24.8 Å². The molecule has 120 valence electrons. The molecule has 1 saturated carbocycles. The molecule has 4 heteroatoms. The molecule has 1 aromatic rings. The number of benzene rings is 1. The summed E-state index contributed by atoms with van der Waals surface area (Å²) in [7, 11) is 0. The van der Waals surface area contributed by atoms with Crippen molar-refractivity contribution >= 4 is 17.5 Å². The van der Waals surface area contributed by atoms with E-state index in [1.54, 1.807) is 0 Å². The van der Waals surface area contributed by atoms with Gasteiger partial charge in [0.25, 0.3) is 0 Å². The Morgan fingerprint density at radius 1 is 1.09 bits per heavy atom. The van der Waals surface area contributed by atoms with Crippen molar-refractivity contribution in [3.63, 3.8) is 0 Å². The van der Waals surface area contributed by atoms with Crippen molar-refractivity contribution in [2.45, 2.75) is 50.5 Å². The van der Waals surface area contributed by atoms with E-state index in [0.717, 1.165) is 30.8 Å². The Morgan fingerprint density at radius 3 is 2.45 bits per heavy atom. The zero-order valence-corrected chi connectivity index (χ0v) is 13.8. The van der Waals surface area contributed by atoms with Crippen molar-refractivity contribution in [2.24, 2.45) is 11.7 Å². The molecule has 1 amide bonds. The molecule has 2 atom stereocenters. The summed E-state index contributed by atoms with van der Waals surface area (Å²) in [4.78, 5) is 14.8. The average molecular weight is 321 g/mol. The fourth-order valence-corrected chi connectivity index (χ4v) is 4.03. The maximum atomic E-state index is 12.8. The number of halogens is 1. The van der Waals surface area contributed by atoms with Crippen LogP contribution in [-0.4, -0.2) is 29.9 Å². The first-order valence-electron chi connectivity index (χ1n) is 8.43. The molecule has 3 rings (SSSR count).